The van der Waals surface area contributed by atoms with E-state index >= 15 is 0 Å². The Balaban J connectivity index is 1.54. The van der Waals surface area contributed by atoms with E-state index in [9.17, 15) is 13.2 Å². The van der Waals surface area contributed by atoms with Crippen molar-refractivity contribution >= 4 is 21.7 Å². The number of anilines is 1. The van der Waals surface area contributed by atoms with Gasteiger partial charge in [0.15, 0.2) is 27.1 Å². The molecule has 0 atom stereocenters. The van der Waals surface area contributed by atoms with Gasteiger partial charge in [0, 0.05) is 30.3 Å². The Hall–Kier alpha value is -4.25. The summed E-state index contributed by atoms with van der Waals surface area (Å²) in [5.41, 5.74) is 9.96. The van der Waals surface area contributed by atoms with Crippen molar-refractivity contribution in [1.82, 2.24) is 25.8 Å². The molecule has 11 heteroatoms. The molecule has 2 heterocycles. The Kier molecular flexibility index (Phi) is 7.53. The molecule has 0 aliphatic heterocycles. The van der Waals surface area contributed by atoms with Gasteiger partial charge in [0.2, 0.25) is 0 Å². The second-order valence-electron chi connectivity index (χ2n) is 8.59. The van der Waals surface area contributed by atoms with E-state index in [4.69, 9.17) is 10.3 Å². The maximum Gasteiger partial charge on any atom is 0.315 e. The number of carbonyl (C=O) groups is 1. The minimum absolute atomic E-state index is 0.178. The van der Waals surface area contributed by atoms with Crippen LogP contribution in [0.5, 0.6) is 0 Å². The predicted octanol–water partition coefficient (Wildman–Crippen LogP) is 4.05. The minimum Gasteiger partial charge on any atom is -0.382 e. The van der Waals surface area contributed by atoms with Crippen LogP contribution in [0.1, 0.15) is 26.3 Å². The van der Waals surface area contributed by atoms with Gasteiger partial charge in [-0.3, -0.25) is 0 Å². The lowest BCUT2D eigenvalue weighted by Gasteiger charge is -2.09. The largest absolute Gasteiger partial charge is 0.382 e. The van der Waals surface area contributed by atoms with Crippen LogP contribution >= 0.6 is 0 Å². The molecule has 37 heavy (non-hydrogen) atoms. The number of nitrogen functional groups attached to an aromatic ring is 1. The monoisotopic (exact) mass is 520 g/mol. The van der Waals surface area contributed by atoms with Crippen LogP contribution in [0, 0.1) is 0 Å². The van der Waals surface area contributed by atoms with Crippen LogP contribution in [0.4, 0.5) is 10.6 Å². The molecule has 4 rings (SSSR count). The lowest BCUT2D eigenvalue weighted by Crippen LogP contribution is -2.34. The van der Waals surface area contributed by atoms with Gasteiger partial charge < -0.3 is 20.9 Å². The summed E-state index contributed by atoms with van der Waals surface area (Å²) in [4.78, 5) is 20.7. The number of hydrogen-bond donors (Lipinski definition) is 3. The number of nitrogens with one attached hydrogen (secondary N) is 2. The number of nitrogens with two attached hydrogens (primary N) is 1. The molecule has 0 aliphatic rings. The molecule has 0 saturated carbocycles. The number of nitrogens with zero attached hydrogens (tertiary/aromatic N) is 3. The summed E-state index contributed by atoms with van der Waals surface area (Å²) in [7, 11) is -3.37. The summed E-state index contributed by atoms with van der Waals surface area (Å²) in [6, 6.07) is 15.6. The Bertz CT molecular complexity index is 1500. The van der Waals surface area contributed by atoms with Crippen LogP contribution in [0.3, 0.4) is 0 Å². The van der Waals surface area contributed by atoms with E-state index in [2.05, 4.69) is 25.8 Å². The molecule has 4 aromatic rings. The standard InChI is InChI=1S/C26H28N6O4S/c1-4-28-26(33)30-14-17-5-7-18(8-6-17)21-13-23(36-32-21)24-25(27)29-15-22(31-24)19-9-11-20(12-10-19)37(34,35)16(2)3/h5-13,15-16H,4,14H2,1-3H3,(H2,27,29)(H2,28,30,33). The van der Waals surface area contributed by atoms with Crippen LogP contribution in [0.2, 0.25) is 0 Å². The maximum atomic E-state index is 12.4. The summed E-state index contributed by atoms with van der Waals surface area (Å²) >= 11 is 0. The highest BCUT2D eigenvalue weighted by Gasteiger charge is 2.20. The lowest BCUT2D eigenvalue weighted by molar-refractivity contribution is 0.241. The third-order valence-electron chi connectivity index (χ3n) is 5.68. The first-order chi connectivity index (χ1) is 17.7. The highest BCUT2D eigenvalue weighted by Crippen LogP contribution is 2.30. The Morgan fingerprint density at radius 1 is 1.00 bits per heavy atom. The zero-order chi connectivity index (χ0) is 26.6. The van der Waals surface area contributed by atoms with Crippen LogP contribution in [-0.4, -0.2) is 41.4 Å². The van der Waals surface area contributed by atoms with Crippen LogP contribution < -0.4 is 16.4 Å². The minimum atomic E-state index is -3.37. The third-order valence-corrected chi connectivity index (χ3v) is 7.85. The molecule has 0 saturated heterocycles. The molecule has 0 spiro atoms. The number of aromatic nitrogens is 3. The molecule has 0 bridgehead atoms. The lowest BCUT2D eigenvalue weighted by atomic mass is 10.1. The van der Waals surface area contributed by atoms with Gasteiger partial charge in [-0.15, -0.1) is 0 Å². The highest BCUT2D eigenvalue weighted by atomic mass is 32.2. The average Bonchev–Trinajstić information content (AvgIpc) is 3.38. The van der Waals surface area contributed by atoms with Crippen molar-refractivity contribution in [2.75, 3.05) is 12.3 Å². The van der Waals surface area contributed by atoms with Crippen molar-refractivity contribution in [3.8, 4) is 34.0 Å². The first-order valence-corrected chi connectivity index (χ1v) is 13.3. The van der Waals surface area contributed by atoms with Gasteiger partial charge in [0.25, 0.3) is 0 Å². The second-order valence-corrected chi connectivity index (χ2v) is 11.1. The topological polar surface area (TPSA) is 153 Å². The molecule has 2 aromatic carbocycles. The Morgan fingerprint density at radius 3 is 2.30 bits per heavy atom. The fourth-order valence-electron chi connectivity index (χ4n) is 3.53. The number of hydrogen-bond acceptors (Lipinski definition) is 8. The maximum absolute atomic E-state index is 12.4. The van der Waals surface area contributed by atoms with Gasteiger partial charge in [0.05, 0.1) is 22.0 Å². The summed E-state index contributed by atoms with van der Waals surface area (Å²) in [6.07, 6.45) is 1.52. The highest BCUT2D eigenvalue weighted by molar-refractivity contribution is 7.92. The summed E-state index contributed by atoms with van der Waals surface area (Å²) < 4.78 is 30.3. The fourth-order valence-corrected chi connectivity index (χ4v) is 4.59. The van der Waals surface area contributed by atoms with Gasteiger partial charge in [-0.1, -0.05) is 41.6 Å². The molecule has 2 aromatic heterocycles. The van der Waals surface area contributed by atoms with E-state index in [1.54, 1.807) is 44.2 Å². The van der Waals surface area contributed by atoms with Crippen molar-refractivity contribution in [1.29, 1.82) is 0 Å². The average molecular weight is 521 g/mol. The molecule has 192 valence electrons. The number of sulfone groups is 1. The molecular weight excluding hydrogens is 492 g/mol. The fraction of sp³-hybridized carbons (Fsp3) is 0.231. The molecule has 0 radical (unpaired) electrons. The van der Waals surface area contributed by atoms with E-state index in [0.29, 0.717) is 41.5 Å². The predicted molar refractivity (Wildman–Crippen MR) is 141 cm³/mol. The van der Waals surface area contributed by atoms with Gasteiger partial charge >= 0.3 is 6.03 Å². The van der Waals surface area contributed by atoms with Crippen molar-refractivity contribution in [2.24, 2.45) is 0 Å². The van der Waals surface area contributed by atoms with Crippen LogP contribution in [-0.2, 0) is 16.4 Å². The van der Waals surface area contributed by atoms with Crippen LogP contribution in [0.25, 0.3) is 34.0 Å². The molecule has 0 fully saturated rings. The van der Waals surface area contributed by atoms with Crippen molar-refractivity contribution in [2.45, 2.75) is 37.5 Å². The number of urea groups is 1. The zero-order valence-corrected chi connectivity index (χ0v) is 21.5. The SMILES string of the molecule is CCNC(=O)NCc1ccc(-c2cc(-c3nc(-c4ccc(S(=O)(=O)C(C)C)cc4)cnc3N)on2)cc1. The Morgan fingerprint density at radius 2 is 1.65 bits per heavy atom. The molecule has 10 nitrogen and oxygen atoms in total. The van der Waals surface area contributed by atoms with Crippen molar-refractivity contribution in [3.63, 3.8) is 0 Å². The van der Waals surface area contributed by atoms with Crippen molar-refractivity contribution in [3.05, 3.63) is 66.4 Å². The quantitative estimate of drug-likeness (QED) is 0.314. The van der Waals surface area contributed by atoms with Gasteiger partial charge in [-0.05, 0) is 38.5 Å². The molecule has 0 aliphatic carbocycles. The second kappa shape index (κ2) is 10.8. The number of carbonyl (C=O) groups excluding carboxylic acids is 1. The van der Waals surface area contributed by atoms with Crippen molar-refractivity contribution < 1.29 is 17.7 Å². The zero-order valence-electron chi connectivity index (χ0n) is 20.7. The molecule has 0 unspecified atom stereocenters. The van der Waals surface area contributed by atoms with E-state index in [1.807, 2.05) is 31.2 Å². The summed E-state index contributed by atoms with van der Waals surface area (Å²) in [5, 5.41) is 9.10. The summed E-state index contributed by atoms with van der Waals surface area (Å²) in [5.74, 6) is 0.528. The van der Waals surface area contributed by atoms with Gasteiger partial charge in [0.1, 0.15) is 5.69 Å². The molecule has 4 N–H and O–H groups in total. The Labute approximate surface area is 215 Å². The first-order valence-electron chi connectivity index (χ1n) is 11.7. The number of benzene rings is 2. The first kappa shape index (κ1) is 25.8. The van der Waals surface area contributed by atoms with E-state index in [-0.39, 0.29) is 16.7 Å². The normalized spacial score (nSPS) is 11.5. The number of rotatable bonds is 8. The van der Waals surface area contributed by atoms with E-state index in [1.165, 1.54) is 6.20 Å². The number of amides is 2. The smallest absolute Gasteiger partial charge is 0.315 e. The van der Waals surface area contributed by atoms with Crippen LogP contribution in [0.15, 0.2) is 70.2 Å². The van der Waals surface area contributed by atoms with E-state index in [0.717, 1.165) is 11.1 Å². The van der Waals surface area contributed by atoms with Gasteiger partial charge in [-0.2, -0.15) is 0 Å². The molecular formula is C26H28N6O4S. The van der Waals surface area contributed by atoms with E-state index < -0.39 is 15.1 Å². The molecule has 2 amide bonds. The van der Waals surface area contributed by atoms with Gasteiger partial charge in [-0.25, -0.2) is 23.2 Å². The third kappa shape index (κ3) is 5.78. The summed E-state index contributed by atoms with van der Waals surface area (Å²) in [6.45, 7) is 6.11.